The average Bonchev–Trinajstić information content (AvgIpc) is 3.36. The summed E-state index contributed by atoms with van der Waals surface area (Å²) in [6.07, 6.45) is 0. The molecule has 1 aromatic carbocycles. The van der Waals surface area contributed by atoms with Crippen molar-refractivity contribution in [3.05, 3.63) is 63.1 Å². The van der Waals surface area contributed by atoms with Crippen LogP contribution in [0.25, 0.3) is 20.7 Å². The SMILES string of the molecule is CCn1c(SCc2cccc(OC)c2)nc2scc(-c3cccs3)c2c1=O. The fraction of sp³-hybridized carbons (Fsp3) is 0.200. The van der Waals surface area contributed by atoms with Crippen molar-refractivity contribution in [3.63, 3.8) is 0 Å². The van der Waals surface area contributed by atoms with Gasteiger partial charge in [0.05, 0.1) is 12.5 Å². The van der Waals surface area contributed by atoms with E-state index in [0.717, 1.165) is 42.9 Å². The summed E-state index contributed by atoms with van der Waals surface area (Å²) in [6, 6.07) is 12.0. The van der Waals surface area contributed by atoms with E-state index in [2.05, 4.69) is 6.07 Å². The van der Waals surface area contributed by atoms with Gasteiger partial charge in [0.15, 0.2) is 5.16 Å². The monoisotopic (exact) mass is 414 g/mol. The van der Waals surface area contributed by atoms with Crippen LogP contribution in [0.5, 0.6) is 5.75 Å². The summed E-state index contributed by atoms with van der Waals surface area (Å²) in [5.74, 6) is 1.57. The second-order valence-corrected chi connectivity index (χ2v) is 8.64. The molecule has 4 aromatic rings. The van der Waals surface area contributed by atoms with E-state index in [9.17, 15) is 4.79 Å². The Labute approximate surface area is 169 Å². The van der Waals surface area contributed by atoms with Crippen molar-refractivity contribution in [3.8, 4) is 16.2 Å². The van der Waals surface area contributed by atoms with Gasteiger partial charge in [-0.3, -0.25) is 9.36 Å². The predicted molar refractivity (Wildman–Crippen MR) is 115 cm³/mol. The van der Waals surface area contributed by atoms with E-state index >= 15 is 0 Å². The highest BCUT2D eigenvalue weighted by Crippen LogP contribution is 2.35. The minimum Gasteiger partial charge on any atom is -0.497 e. The van der Waals surface area contributed by atoms with Gasteiger partial charge >= 0.3 is 0 Å². The van der Waals surface area contributed by atoms with Gasteiger partial charge in [-0.25, -0.2) is 4.98 Å². The first-order valence-corrected chi connectivity index (χ1v) is 11.3. The number of fused-ring (bicyclic) bond motifs is 1. The zero-order valence-electron chi connectivity index (χ0n) is 15.0. The molecule has 0 aliphatic rings. The molecule has 0 saturated carbocycles. The first kappa shape index (κ1) is 18.3. The van der Waals surface area contributed by atoms with Crippen LogP contribution < -0.4 is 10.3 Å². The summed E-state index contributed by atoms with van der Waals surface area (Å²) < 4.78 is 7.06. The van der Waals surface area contributed by atoms with E-state index in [1.165, 1.54) is 11.3 Å². The smallest absolute Gasteiger partial charge is 0.263 e. The van der Waals surface area contributed by atoms with E-state index in [0.29, 0.717) is 6.54 Å². The number of hydrogen-bond donors (Lipinski definition) is 0. The van der Waals surface area contributed by atoms with Gasteiger partial charge in [0.2, 0.25) is 0 Å². The van der Waals surface area contributed by atoms with Gasteiger partial charge in [0.1, 0.15) is 10.6 Å². The summed E-state index contributed by atoms with van der Waals surface area (Å²) >= 11 is 4.77. The van der Waals surface area contributed by atoms with E-state index in [4.69, 9.17) is 9.72 Å². The van der Waals surface area contributed by atoms with Crippen LogP contribution in [-0.2, 0) is 12.3 Å². The minimum atomic E-state index is 0.0419. The molecule has 0 bridgehead atoms. The van der Waals surface area contributed by atoms with Crippen LogP contribution in [0, 0.1) is 0 Å². The Kier molecular flexibility index (Phi) is 5.33. The molecule has 0 aliphatic heterocycles. The van der Waals surface area contributed by atoms with Crippen LogP contribution in [0.1, 0.15) is 12.5 Å². The molecule has 0 N–H and O–H groups in total. The number of ether oxygens (including phenoxy) is 1. The Balaban J connectivity index is 1.72. The van der Waals surface area contributed by atoms with Crippen LogP contribution in [0.4, 0.5) is 0 Å². The molecule has 3 aromatic heterocycles. The Morgan fingerprint density at radius 3 is 2.85 bits per heavy atom. The third kappa shape index (κ3) is 3.54. The van der Waals surface area contributed by atoms with Gasteiger partial charge in [-0.2, -0.15) is 0 Å². The molecule has 7 heteroatoms. The number of methoxy groups -OCH3 is 1. The van der Waals surface area contributed by atoms with Crippen LogP contribution in [-0.4, -0.2) is 16.7 Å². The standard InChI is InChI=1S/C20H18N2O2S3/c1-3-22-19(23)17-15(16-8-5-9-25-16)12-26-18(17)21-20(22)27-11-13-6-4-7-14(10-13)24-2/h4-10,12H,3,11H2,1-2H3. The molecule has 0 radical (unpaired) electrons. The van der Waals surface area contributed by atoms with E-state index in [1.54, 1.807) is 34.8 Å². The molecule has 0 spiro atoms. The maximum absolute atomic E-state index is 13.2. The molecular weight excluding hydrogens is 396 g/mol. The quantitative estimate of drug-likeness (QED) is 0.308. The van der Waals surface area contributed by atoms with Crippen LogP contribution in [0.2, 0.25) is 0 Å². The molecule has 4 rings (SSSR count). The van der Waals surface area contributed by atoms with E-state index in [-0.39, 0.29) is 5.56 Å². The maximum Gasteiger partial charge on any atom is 0.263 e. The lowest BCUT2D eigenvalue weighted by Gasteiger charge is -2.10. The summed E-state index contributed by atoms with van der Waals surface area (Å²) in [6.45, 7) is 2.59. The normalized spacial score (nSPS) is 11.2. The van der Waals surface area contributed by atoms with Gasteiger partial charge in [-0.15, -0.1) is 22.7 Å². The Hall–Kier alpha value is -2.09. The second-order valence-electron chi connectivity index (χ2n) is 5.89. The fourth-order valence-corrected chi connectivity index (χ4v) is 5.73. The van der Waals surface area contributed by atoms with Crippen molar-refractivity contribution in [1.29, 1.82) is 0 Å². The molecule has 138 valence electrons. The Bertz CT molecular complexity index is 1130. The summed E-state index contributed by atoms with van der Waals surface area (Å²) in [7, 11) is 1.67. The number of benzene rings is 1. The number of aromatic nitrogens is 2. The van der Waals surface area contributed by atoms with Crippen molar-refractivity contribution >= 4 is 44.7 Å². The summed E-state index contributed by atoms with van der Waals surface area (Å²) in [4.78, 5) is 19.9. The molecular formula is C20H18N2O2S3. The largest absolute Gasteiger partial charge is 0.497 e. The van der Waals surface area contributed by atoms with Gasteiger partial charge in [0.25, 0.3) is 5.56 Å². The number of thioether (sulfide) groups is 1. The van der Waals surface area contributed by atoms with Crippen LogP contribution >= 0.6 is 34.4 Å². The lowest BCUT2D eigenvalue weighted by molar-refractivity contribution is 0.414. The first-order chi connectivity index (χ1) is 13.2. The molecule has 0 atom stereocenters. The highest BCUT2D eigenvalue weighted by molar-refractivity contribution is 7.98. The number of hydrogen-bond acceptors (Lipinski definition) is 6. The first-order valence-electron chi connectivity index (χ1n) is 8.53. The maximum atomic E-state index is 13.2. The number of rotatable bonds is 6. The van der Waals surface area contributed by atoms with E-state index in [1.807, 2.05) is 48.0 Å². The van der Waals surface area contributed by atoms with Gasteiger partial charge in [-0.1, -0.05) is 30.0 Å². The lowest BCUT2D eigenvalue weighted by Crippen LogP contribution is -2.22. The number of thiophene rings is 2. The van der Waals surface area contributed by atoms with Gasteiger partial charge in [-0.05, 0) is 36.1 Å². The average molecular weight is 415 g/mol. The Morgan fingerprint density at radius 2 is 2.11 bits per heavy atom. The molecule has 3 heterocycles. The Morgan fingerprint density at radius 1 is 1.22 bits per heavy atom. The van der Waals surface area contributed by atoms with Gasteiger partial charge < -0.3 is 4.74 Å². The van der Waals surface area contributed by atoms with Crippen molar-refractivity contribution in [2.24, 2.45) is 0 Å². The molecule has 4 nitrogen and oxygen atoms in total. The van der Waals surface area contributed by atoms with Gasteiger partial charge in [0, 0.05) is 28.1 Å². The summed E-state index contributed by atoms with van der Waals surface area (Å²) in [5, 5.41) is 5.57. The minimum absolute atomic E-state index is 0.0419. The van der Waals surface area contributed by atoms with Crippen LogP contribution in [0.3, 0.4) is 0 Å². The van der Waals surface area contributed by atoms with Crippen LogP contribution in [0.15, 0.2) is 57.1 Å². The van der Waals surface area contributed by atoms with Crippen molar-refractivity contribution < 1.29 is 4.74 Å². The van der Waals surface area contributed by atoms with Crippen molar-refractivity contribution in [2.75, 3.05) is 7.11 Å². The zero-order valence-corrected chi connectivity index (χ0v) is 17.4. The van der Waals surface area contributed by atoms with Crippen molar-refractivity contribution in [2.45, 2.75) is 24.4 Å². The lowest BCUT2D eigenvalue weighted by atomic mass is 10.2. The highest BCUT2D eigenvalue weighted by atomic mass is 32.2. The number of nitrogens with zero attached hydrogens (tertiary/aromatic N) is 2. The molecule has 0 unspecified atom stereocenters. The fourth-order valence-electron chi connectivity index (χ4n) is 2.92. The molecule has 0 aliphatic carbocycles. The molecule has 0 amide bonds. The zero-order chi connectivity index (χ0) is 18.8. The molecule has 27 heavy (non-hydrogen) atoms. The topological polar surface area (TPSA) is 44.1 Å². The predicted octanol–water partition coefficient (Wildman–Crippen LogP) is 5.51. The third-order valence-electron chi connectivity index (χ3n) is 4.26. The third-order valence-corrected chi connectivity index (χ3v) is 7.09. The molecule has 0 fully saturated rings. The second kappa shape index (κ2) is 7.88. The van der Waals surface area contributed by atoms with E-state index < -0.39 is 0 Å². The summed E-state index contributed by atoms with van der Waals surface area (Å²) in [5.41, 5.74) is 2.18. The molecule has 0 saturated heterocycles. The highest BCUT2D eigenvalue weighted by Gasteiger charge is 2.17. The van der Waals surface area contributed by atoms with Crippen molar-refractivity contribution in [1.82, 2.24) is 9.55 Å².